The van der Waals surface area contributed by atoms with Gasteiger partial charge >= 0.3 is 0 Å². The monoisotopic (exact) mass is 300 g/mol. The van der Waals surface area contributed by atoms with Crippen LogP contribution in [-0.2, 0) is 13.0 Å². The Hall–Kier alpha value is -2.17. The second-order valence-corrected chi connectivity index (χ2v) is 6.15. The molecule has 2 heterocycles. The van der Waals surface area contributed by atoms with Crippen molar-refractivity contribution in [2.45, 2.75) is 33.2 Å². The number of fused-ring (bicyclic) bond motifs is 3. The molecule has 0 atom stereocenters. The minimum Gasteiger partial charge on any atom is -0.390 e. The first-order valence-corrected chi connectivity index (χ1v) is 7.73. The molecule has 1 aromatic heterocycles. The molecule has 2 aromatic rings. The Labute approximate surface area is 129 Å². The van der Waals surface area contributed by atoms with E-state index in [0.29, 0.717) is 22.6 Å². The van der Waals surface area contributed by atoms with Gasteiger partial charge in [0.25, 0.3) is 0 Å². The minimum atomic E-state index is -0.328. The third-order valence-electron chi connectivity index (χ3n) is 3.95. The quantitative estimate of drug-likeness (QED) is 0.832. The van der Waals surface area contributed by atoms with Crippen molar-refractivity contribution in [1.82, 2.24) is 14.9 Å². The van der Waals surface area contributed by atoms with Gasteiger partial charge in [0.15, 0.2) is 0 Å². The average molecular weight is 300 g/mol. The number of halogens is 1. The van der Waals surface area contributed by atoms with Crippen LogP contribution in [0.1, 0.15) is 31.7 Å². The van der Waals surface area contributed by atoms with Crippen LogP contribution in [0.3, 0.4) is 0 Å². The predicted molar refractivity (Wildman–Crippen MR) is 87.6 cm³/mol. The van der Waals surface area contributed by atoms with Crippen LogP contribution in [0.25, 0.3) is 16.6 Å². The highest BCUT2D eigenvalue weighted by Gasteiger charge is 2.18. The summed E-state index contributed by atoms with van der Waals surface area (Å²) in [6.07, 6.45) is 4.96. The van der Waals surface area contributed by atoms with E-state index in [1.807, 2.05) is 6.07 Å². The summed E-state index contributed by atoms with van der Waals surface area (Å²) in [7, 11) is 0. The Morgan fingerprint density at radius 1 is 1.50 bits per heavy atom. The van der Waals surface area contributed by atoms with Gasteiger partial charge in [-0.3, -0.25) is 0 Å². The van der Waals surface area contributed by atoms with Crippen molar-refractivity contribution in [3.05, 3.63) is 35.5 Å². The Kier molecular flexibility index (Phi) is 3.96. The minimum absolute atomic E-state index is 0.328. The van der Waals surface area contributed by atoms with Crippen LogP contribution in [0.5, 0.6) is 0 Å². The molecule has 2 N–H and O–H groups in total. The normalized spacial score (nSPS) is 14.6. The summed E-state index contributed by atoms with van der Waals surface area (Å²) in [5, 5.41) is 10.7. The number of nitrogens with zero attached hydrogens (tertiary/aromatic N) is 2. The van der Waals surface area contributed by atoms with E-state index in [-0.39, 0.29) is 5.82 Å². The average Bonchev–Trinajstić information content (AvgIpc) is 3.03. The van der Waals surface area contributed by atoms with Crippen LogP contribution in [0, 0.1) is 17.1 Å². The number of hydrogen-bond acceptors (Lipinski definition) is 3. The van der Waals surface area contributed by atoms with E-state index in [9.17, 15) is 4.39 Å². The summed E-state index contributed by atoms with van der Waals surface area (Å²) in [6, 6.07) is 3.30. The number of allylic oxidation sites excluding steroid dienone is 1. The molecule has 1 aliphatic rings. The first-order valence-electron chi connectivity index (χ1n) is 7.73. The second-order valence-electron chi connectivity index (χ2n) is 6.15. The Balaban J connectivity index is 2.01. The van der Waals surface area contributed by atoms with Gasteiger partial charge in [0.2, 0.25) is 0 Å². The van der Waals surface area contributed by atoms with Crippen molar-refractivity contribution in [3.8, 4) is 0 Å². The lowest BCUT2D eigenvalue weighted by atomic mass is 10.1. The molecule has 1 aromatic carbocycles. The van der Waals surface area contributed by atoms with Crippen molar-refractivity contribution >= 4 is 22.8 Å². The molecular formula is C17H21FN4. The fourth-order valence-electron chi connectivity index (χ4n) is 2.85. The van der Waals surface area contributed by atoms with E-state index in [1.54, 1.807) is 6.20 Å². The smallest absolute Gasteiger partial charge is 0.133 e. The van der Waals surface area contributed by atoms with Crippen LogP contribution in [-0.4, -0.2) is 22.3 Å². The van der Waals surface area contributed by atoms with Crippen LogP contribution >= 0.6 is 0 Å². The molecule has 0 unspecified atom stereocenters. The van der Waals surface area contributed by atoms with Gasteiger partial charge in [0.1, 0.15) is 11.6 Å². The van der Waals surface area contributed by atoms with Gasteiger partial charge in [0.05, 0.1) is 11.0 Å². The van der Waals surface area contributed by atoms with Gasteiger partial charge in [-0.15, -0.1) is 0 Å². The summed E-state index contributed by atoms with van der Waals surface area (Å²) in [6.45, 7) is 5.94. The molecule has 4 nitrogen and oxygen atoms in total. The first kappa shape index (κ1) is 14.8. The van der Waals surface area contributed by atoms with E-state index in [4.69, 9.17) is 5.41 Å². The first-order chi connectivity index (χ1) is 10.6. The lowest BCUT2D eigenvalue weighted by Gasteiger charge is -2.08. The Morgan fingerprint density at radius 3 is 3.05 bits per heavy atom. The van der Waals surface area contributed by atoms with Crippen molar-refractivity contribution in [2.75, 3.05) is 6.54 Å². The molecule has 1 aliphatic heterocycles. The zero-order chi connectivity index (χ0) is 15.7. The molecule has 5 heteroatoms. The third-order valence-corrected chi connectivity index (χ3v) is 3.95. The maximum atomic E-state index is 14.4. The number of benzene rings is 1. The molecule has 0 radical (unpaired) electrons. The SMILES string of the molecule is CC(C)CN/C=C(\C=N)c1cc2c(cc1F)nc1n2CCC1. The lowest BCUT2D eigenvalue weighted by Crippen LogP contribution is -2.14. The Bertz CT molecular complexity index is 743. The maximum Gasteiger partial charge on any atom is 0.133 e. The Morgan fingerprint density at radius 2 is 2.32 bits per heavy atom. The van der Waals surface area contributed by atoms with Crippen LogP contribution < -0.4 is 5.32 Å². The summed E-state index contributed by atoms with van der Waals surface area (Å²) < 4.78 is 16.5. The van der Waals surface area contributed by atoms with Gasteiger partial charge in [-0.25, -0.2) is 9.37 Å². The molecule has 0 fully saturated rings. The largest absolute Gasteiger partial charge is 0.390 e. The van der Waals surface area contributed by atoms with Crippen molar-refractivity contribution in [2.24, 2.45) is 5.92 Å². The zero-order valence-electron chi connectivity index (χ0n) is 13.0. The fourth-order valence-corrected chi connectivity index (χ4v) is 2.85. The number of imidazole rings is 1. The van der Waals surface area contributed by atoms with Crippen molar-refractivity contribution in [3.63, 3.8) is 0 Å². The van der Waals surface area contributed by atoms with Crippen LogP contribution in [0.4, 0.5) is 4.39 Å². The van der Waals surface area contributed by atoms with Crippen LogP contribution in [0.15, 0.2) is 18.3 Å². The summed E-state index contributed by atoms with van der Waals surface area (Å²) in [5.74, 6) is 1.20. The molecule has 0 saturated heterocycles. The highest BCUT2D eigenvalue weighted by molar-refractivity contribution is 6.09. The maximum absolute atomic E-state index is 14.4. The molecule has 0 amide bonds. The highest BCUT2D eigenvalue weighted by atomic mass is 19.1. The molecule has 0 spiro atoms. The fraction of sp³-hybridized carbons (Fsp3) is 0.412. The molecular weight excluding hydrogens is 279 g/mol. The van der Waals surface area contributed by atoms with Gasteiger partial charge in [-0.2, -0.15) is 0 Å². The topological polar surface area (TPSA) is 53.7 Å². The van der Waals surface area contributed by atoms with Gasteiger partial charge in [-0.1, -0.05) is 13.8 Å². The molecule has 0 saturated carbocycles. The summed E-state index contributed by atoms with van der Waals surface area (Å²) in [5.41, 5.74) is 2.66. The predicted octanol–water partition coefficient (Wildman–Crippen LogP) is 3.36. The summed E-state index contributed by atoms with van der Waals surface area (Å²) >= 11 is 0. The van der Waals surface area contributed by atoms with E-state index < -0.39 is 0 Å². The van der Waals surface area contributed by atoms with Gasteiger partial charge < -0.3 is 15.3 Å². The number of nitrogens with one attached hydrogen (secondary N) is 2. The van der Waals surface area contributed by atoms with E-state index >= 15 is 0 Å². The van der Waals surface area contributed by atoms with E-state index in [1.165, 1.54) is 12.3 Å². The zero-order valence-corrected chi connectivity index (χ0v) is 13.0. The molecule has 22 heavy (non-hydrogen) atoms. The van der Waals surface area contributed by atoms with Gasteiger partial charge in [-0.05, 0) is 18.4 Å². The molecule has 3 rings (SSSR count). The number of hydrogen-bond donors (Lipinski definition) is 2. The van der Waals surface area contributed by atoms with Crippen molar-refractivity contribution in [1.29, 1.82) is 5.41 Å². The van der Waals surface area contributed by atoms with Crippen LogP contribution in [0.2, 0.25) is 0 Å². The van der Waals surface area contributed by atoms with E-state index in [2.05, 4.69) is 28.7 Å². The molecule has 116 valence electrons. The number of aryl methyl sites for hydroxylation is 2. The standard InChI is InChI=1S/C17H21FN4/c1-11(2)9-20-10-12(8-19)13-6-16-15(7-14(13)18)21-17-4-3-5-22(16)17/h6-8,10-11,19-20H,3-5,9H2,1-2H3/b12-10+,19-8?. The second kappa shape index (κ2) is 5.91. The van der Waals surface area contributed by atoms with Gasteiger partial charge in [0, 0.05) is 49.1 Å². The van der Waals surface area contributed by atoms with E-state index in [0.717, 1.165) is 37.3 Å². The third kappa shape index (κ3) is 2.63. The lowest BCUT2D eigenvalue weighted by molar-refractivity contribution is 0.611. The highest BCUT2D eigenvalue weighted by Crippen LogP contribution is 2.27. The number of rotatable bonds is 5. The molecule has 0 bridgehead atoms. The van der Waals surface area contributed by atoms with Crippen molar-refractivity contribution < 1.29 is 4.39 Å². The number of aromatic nitrogens is 2. The molecule has 0 aliphatic carbocycles. The summed E-state index contributed by atoms with van der Waals surface area (Å²) in [4.78, 5) is 4.50.